The minimum absolute atomic E-state index is 0.111. The van der Waals surface area contributed by atoms with E-state index in [4.69, 9.17) is 22.9 Å². The highest BCUT2D eigenvalue weighted by molar-refractivity contribution is 7.80. The molecule has 1 aromatic rings. The summed E-state index contributed by atoms with van der Waals surface area (Å²) in [6.45, 7) is 0.596. The van der Waals surface area contributed by atoms with Crippen LogP contribution >= 0.6 is 12.6 Å². The van der Waals surface area contributed by atoms with Crippen LogP contribution in [0.4, 0.5) is 0 Å². The zero-order valence-corrected chi connectivity index (χ0v) is 21.5. The van der Waals surface area contributed by atoms with Crippen molar-refractivity contribution in [3.63, 3.8) is 0 Å². The summed E-state index contributed by atoms with van der Waals surface area (Å²) < 4.78 is 0. The summed E-state index contributed by atoms with van der Waals surface area (Å²) in [6.07, 6.45) is 4.96. The van der Waals surface area contributed by atoms with E-state index in [1.54, 1.807) is 0 Å². The number of H-pyrrole nitrogens is 1. The van der Waals surface area contributed by atoms with E-state index in [2.05, 4.69) is 43.5 Å². The molecule has 208 valence electrons. The van der Waals surface area contributed by atoms with Crippen molar-refractivity contribution >= 4 is 42.3 Å². The van der Waals surface area contributed by atoms with Gasteiger partial charge in [-0.25, -0.2) is 9.78 Å². The summed E-state index contributed by atoms with van der Waals surface area (Å²) in [4.78, 5) is 60.6. The molecule has 0 aromatic carbocycles. The lowest BCUT2D eigenvalue weighted by molar-refractivity contribution is -0.141. The smallest absolute Gasteiger partial charge is 0.327 e. The summed E-state index contributed by atoms with van der Waals surface area (Å²) >= 11 is 3.94. The van der Waals surface area contributed by atoms with E-state index in [-0.39, 0.29) is 37.5 Å². The number of unbranched alkanes of at least 4 members (excludes halogenated alkanes) is 1. The van der Waals surface area contributed by atoms with Crippen LogP contribution in [0.2, 0.25) is 0 Å². The van der Waals surface area contributed by atoms with Crippen LogP contribution in [0.15, 0.2) is 17.5 Å². The van der Waals surface area contributed by atoms with Gasteiger partial charge in [-0.05, 0) is 38.6 Å². The van der Waals surface area contributed by atoms with E-state index < -0.39 is 47.9 Å². The first kappa shape index (κ1) is 31.7. The molecule has 0 saturated heterocycles. The number of nitrogens with one attached hydrogen (secondary N) is 4. The predicted molar refractivity (Wildman–Crippen MR) is 140 cm³/mol. The van der Waals surface area contributed by atoms with Gasteiger partial charge in [-0.15, -0.1) is 0 Å². The lowest BCUT2D eigenvalue weighted by atomic mass is 10.0. The number of carboxylic acids is 1. The van der Waals surface area contributed by atoms with Crippen LogP contribution in [0.5, 0.6) is 0 Å². The molecule has 0 fully saturated rings. The summed E-state index contributed by atoms with van der Waals surface area (Å²) in [6, 6.07) is -4.32. The van der Waals surface area contributed by atoms with Crippen molar-refractivity contribution in [3.8, 4) is 0 Å². The maximum Gasteiger partial charge on any atom is 0.327 e. The van der Waals surface area contributed by atoms with Gasteiger partial charge < -0.3 is 49.0 Å². The zero-order valence-electron chi connectivity index (χ0n) is 20.6. The number of amides is 3. The molecule has 0 aliphatic rings. The van der Waals surface area contributed by atoms with Crippen molar-refractivity contribution in [1.29, 1.82) is 0 Å². The van der Waals surface area contributed by atoms with Crippen LogP contribution in [-0.4, -0.2) is 87.7 Å². The molecule has 0 bridgehead atoms. The van der Waals surface area contributed by atoms with Crippen LogP contribution < -0.4 is 38.9 Å². The first-order valence-electron chi connectivity index (χ1n) is 11.8. The van der Waals surface area contributed by atoms with Gasteiger partial charge in [-0.2, -0.15) is 12.6 Å². The van der Waals surface area contributed by atoms with Gasteiger partial charge in [0.15, 0.2) is 5.96 Å². The number of imidazole rings is 1. The number of hydrogen-bond acceptors (Lipinski definition) is 9. The summed E-state index contributed by atoms with van der Waals surface area (Å²) in [7, 11) is 0. The molecular formula is C21H38N10O5S. The molecule has 4 unspecified atom stereocenters. The highest BCUT2D eigenvalue weighted by Gasteiger charge is 2.29. The van der Waals surface area contributed by atoms with Gasteiger partial charge in [-0.1, -0.05) is 0 Å². The topological polar surface area (TPSA) is 270 Å². The number of carboxylic acid groups (broad SMARTS) is 1. The Hall–Kier alpha value is -3.37. The quantitative estimate of drug-likeness (QED) is 0.0387. The standard InChI is InChI=1S/C21H38N10O5S/c22-6-2-1-4-14(19(34)31-16(10-37)20(35)36)30-18(33)15(5-3-7-27-21(24)25)29-17(32)13(23)8-12-9-26-11-28-12/h9,11,13-16,37H,1-8,10,22-23H2,(H,26,28)(H,29,32)(H,30,33)(H,31,34)(H,35,36)(H4,24,25,27). The minimum Gasteiger partial charge on any atom is -0.480 e. The monoisotopic (exact) mass is 542 g/mol. The first-order valence-corrected chi connectivity index (χ1v) is 12.4. The van der Waals surface area contributed by atoms with Crippen molar-refractivity contribution in [2.45, 2.75) is 62.7 Å². The Kier molecular flexibility index (Phi) is 14.7. The third-order valence-electron chi connectivity index (χ3n) is 5.29. The molecule has 13 N–H and O–H groups in total. The van der Waals surface area contributed by atoms with Crippen LogP contribution in [0.25, 0.3) is 0 Å². The van der Waals surface area contributed by atoms with Crippen LogP contribution in [-0.2, 0) is 25.6 Å². The Morgan fingerprint density at radius 3 is 2.11 bits per heavy atom. The Bertz CT molecular complexity index is 894. The lowest BCUT2D eigenvalue weighted by Gasteiger charge is -2.25. The fourth-order valence-corrected chi connectivity index (χ4v) is 3.52. The number of guanidine groups is 1. The van der Waals surface area contributed by atoms with Crippen molar-refractivity contribution in [3.05, 3.63) is 18.2 Å². The number of thiol groups is 1. The average Bonchev–Trinajstić information content (AvgIpc) is 3.36. The molecule has 0 spiro atoms. The lowest BCUT2D eigenvalue weighted by Crippen LogP contribution is -2.57. The number of nitrogens with two attached hydrogens (primary N) is 4. The second kappa shape index (κ2) is 17.1. The van der Waals surface area contributed by atoms with Gasteiger partial charge in [0.25, 0.3) is 0 Å². The SMILES string of the molecule is NCCCCC(NC(=O)C(CCCN=C(N)N)NC(=O)C(N)Cc1cnc[nH]1)C(=O)NC(CS)C(=O)O. The number of carbonyl (C=O) groups is 4. The zero-order chi connectivity index (χ0) is 27.8. The molecule has 0 aliphatic heterocycles. The number of hydrogen-bond donors (Lipinski definition) is 10. The molecule has 4 atom stereocenters. The maximum absolute atomic E-state index is 13.2. The highest BCUT2D eigenvalue weighted by atomic mass is 32.1. The molecule has 0 radical (unpaired) electrons. The molecule has 1 heterocycles. The van der Waals surface area contributed by atoms with Gasteiger partial charge in [0.05, 0.1) is 12.4 Å². The van der Waals surface area contributed by atoms with Crippen LogP contribution in [0, 0.1) is 0 Å². The molecular weight excluding hydrogens is 504 g/mol. The van der Waals surface area contributed by atoms with E-state index in [1.165, 1.54) is 12.5 Å². The van der Waals surface area contributed by atoms with E-state index in [0.717, 1.165) is 0 Å². The van der Waals surface area contributed by atoms with Crippen molar-refractivity contribution in [2.75, 3.05) is 18.8 Å². The van der Waals surface area contributed by atoms with Gasteiger partial charge in [0.2, 0.25) is 17.7 Å². The third-order valence-corrected chi connectivity index (χ3v) is 5.65. The predicted octanol–water partition coefficient (Wildman–Crippen LogP) is -3.07. The minimum atomic E-state index is -1.26. The summed E-state index contributed by atoms with van der Waals surface area (Å²) in [5.41, 5.74) is 22.8. The summed E-state index contributed by atoms with van der Waals surface area (Å²) in [5, 5.41) is 16.8. The maximum atomic E-state index is 13.2. The Labute approximate surface area is 220 Å². The molecule has 16 heteroatoms. The fourth-order valence-electron chi connectivity index (χ4n) is 3.27. The normalized spacial score (nSPS) is 14.0. The van der Waals surface area contributed by atoms with Crippen LogP contribution in [0.3, 0.4) is 0 Å². The number of aromatic amines is 1. The molecule has 0 saturated carbocycles. The number of nitrogens with zero attached hydrogens (tertiary/aromatic N) is 2. The Morgan fingerprint density at radius 1 is 1.00 bits per heavy atom. The molecule has 1 aromatic heterocycles. The van der Waals surface area contributed by atoms with Crippen molar-refractivity contribution in [1.82, 2.24) is 25.9 Å². The number of rotatable bonds is 18. The van der Waals surface area contributed by atoms with Crippen molar-refractivity contribution < 1.29 is 24.3 Å². The Morgan fingerprint density at radius 2 is 1.59 bits per heavy atom. The average molecular weight is 543 g/mol. The van der Waals surface area contributed by atoms with Gasteiger partial charge in [0.1, 0.15) is 18.1 Å². The summed E-state index contributed by atoms with van der Waals surface area (Å²) in [5.74, 6) is -3.41. The highest BCUT2D eigenvalue weighted by Crippen LogP contribution is 2.06. The third kappa shape index (κ3) is 12.4. The van der Waals surface area contributed by atoms with Gasteiger partial charge in [-0.3, -0.25) is 19.4 Å². The first-order chi connectivity index (χ1) is 17.6. The molecule has 0 aliphatic carbocycles. The van der Waals surface area contributed by atoms with E-state index >= 15 is 0 Å². The molecule has 1 rings (SSSR count). The van der Waals surface area contributed by atoms with E-state index in [0.29, 0.717) is 31.5 Å². The van der Waals surface area contributed by atoms with E-state index in [1.807, 2.05) is 0 Å². The fraction of sp³-hybridized carbons (Fsp3) is 0.619. The largest absolute Gasteiger partial charge is 0.480 e. The second-order valence-electron chi connectivity index (χ2n) is 8.33. The second-order valence-corrected chi connectivity index (χ2v) is 8.69. The molecule has 37 heavy (non-hydrogen) atoms. The number of aliphatic carboxylic acids is 1. The van der Waals surface area contributed by atoms with E-state index in [9.17, 15) is 24.3 Å². The van der Waals surface area contributed by atoms with Crippen molar-refractivity contribution in [2.24, 2.45) is 27.9 Å². The number of aliphatic imine (C=N–C) groups is 1. The molecule has 3 amide bonds. The molecule has 15 nitrogen and oxygen atoms in total. The van der Waals surface area contributed by atoms with Crippen LogP contribution in [0.1, 0.15) is 37.8 Å². The van der Waals surface area contributed by atoms with Gasteiger partial charge in [0, 0.05) is 30.6 Å². The Balaban J connectivity index is 2.97. The van der Waals surface area contributed by atoms with Gasteiger partial charge >= 0.3 is 5.97 Å². The number of aromatic nitrogens is 2. The number of carbonyl (C=O) groups excluding carboxylic acids is 3.